The number of fused-ring (bicyclic) bond motifs is 2. The Morgan fingerprint density at radius 1 is 1.18 bits per heavy atom. The van der Waals surface area contributed by atoms with Gasteiger partial charge in [-0.15, -0.1) is 0 Å². The molecule has 4 heterocycles. The van der Waals surface area contributed by atoms with Gasteiger partial charge in [0.15, 0.2) is 0 Å². The van der Waals surface area contributed by atoms with Crippen LogP contribution in [-0.4, -0.2) is 110 Å². The second-order valence-electron chi connectivity index (χ2n) is 12.6. The number of likely N-dealkylation sites (N-methyl/N-ethyl adjacent to an activating group) is 1. The highest BCUT2D eigenvalue weighted by molar-refractivity contribution is 5.87. The lowest BCUT2D eigenvalue weighted by atomic mass is 9.88. The fraction of sp³-hybridized carbons (Fsp3) is 0.576. The van der Waals surface area contributed by atoms with Crippen LogP contribution in [0.4, 0.5) is 21.8 Å². The van der Waals surface area contributed by atoms with Gasteiger partial charge < -0.3 is 29.2 Å². The second kappa shape index (κ2) is 12.7. The number of piperazine rings is 1. The summed E-state index contributed by atoms with van der Waals surface area (Å²) in [7, 11) is 5.90. The summed E-state index contributed by atoms with van der Waals surface area (Å²) in [6, 6.07) is 7.64. The molecule has 0 spiro atoms. The molecule has 4 aliphatic rings. The lowest BCUT2D eigenvalue weighted by Gasteiger charge is -2.43. The van der Waals surface area contributed by atoms with Gasteiger partial charge in [-0.1, -0.05) is 12.6 Å². The van der Waals surface area contributed by atoms with Gasteiger partial charge in [0.05, 0.1) is 36.4 Å². The van der Waals surface area contributed by atoms with Crippen LogP contribution in [0.5, 0.6) is 0 Å². The topological polar surface area (TPSA) is 92.1 Å². The number of ether oxygens (including phenoxy) is 1. The standard InChI is InChI=1S/C33H43FN8O2/c1-5-31(43)42-16-15-39(19-25(42)12-13-35)32-26-11-10-24(41-14-6-7-22-8-9-23(34)17-28(22)41)18-27(26)36-33(37-32)40-20-29(38(2)3)30(21-40)44-4/h5,8-9,17,24-25,29-30H,1,6-7,10-12,14-16,18-21H2,2-4H3/t24-,25+,29+,30+/m1/s1. The summed E-state index contributed by atoms with van der Waals surface area (Å²) < 4.78 is 20.2. The summed E-state index contributed by atoms with van der Waals surface area (Å²) in [4.78, 5) is 33.9. The van der Waals surface area contributed by atoms with Crippen LogP contribution in [0.1, 0.15) is 36.1 Å². The maximum Gasteiger partial charge on any atom is 0.246 e. The number of halogens is 1. The molecule has 4 atom stereocenters. The van der Waals surface area contributed by atoms with Crippen molar-refractivity contribution in [2.45, 2.75) is 62.8 Å². The van der Waals surface area contributed by atoms with Crippen molar-refractivity contribution >= 4 is 23.4 Å². The molecule has 6 rings (SSSR count). The fourth-order valence-corrected chi connectivity index (χ4v) is 7.57. The molecule has 3 aliphatic heterocycles. The number of nitrogens with zero attached hydrogens (tertiary/aromatic N) is 8. The highest BCUT2D eigenvalue weighted by Gasteiger charge is 2.39. The third-order valence-electron chi connectivity index (χ3n) is 9.91. The number of hydrogen-bond donors (Lipinski definition) is 0. The van der Waals surface area contributed by atoms with Crippen molar-refractivity contribution in [3.05, 3.63) is 53.5 Å². The molecule has 0 radical (unpaired) electrons. The molecular weight excluding hydrogens is 559 g/mol. The quantitative estimate of drug-likeness (QED) is 0.444. The number of carbonyl (C=O) groups is 1. The lowest BCUT2D eigenvalue weighted by molar-refractivity contribution is -0.128. The van der Waals surface area contributed by atoms with Crippen LogP contribution in [0.2, 0.25) is 0 Å². The molecule has 234 valence electrons. The lowest BCUT2D eigenvalue weighted by Crippen LogP contribution is -2.55. The first-order chi connectivity index (χ1) is 21.3. The Morgan fingerprint density at radius 3 is 2.75 bits per heavy atom. The number of rotatable bonds is 7. The molecular formula is C33H43FN8O2. The zero-order chi connectivity index (χ0) is 31.0. The molecule has 1 aromatic carbocycles. The number of hydrogen-bond acceptors (Lipinski definition) is 9. The van der Waals surface area contributed by atoms with Crippen LogP contribution in [0, 0.1) is 17.1 Å². The monoisotopic (exact) mass is 602 g/mol. The summed E-state index contributed by atoms with van der Waals surface area (Å²) in [6.07, 6.45) is 6.12. The Labute approximate surface area is 259 Å². The zero-order valence-electron chi connectivity index (χ0n) is 26.1. The normalized spacial score (nSPS) is 25.1. The third kappa shape index (κ3) is 5.73. The van der Waals surface area contributed by atoms with Crippen molar-refractivity contribution in [3.63, 3.8) is 0 Å². The summed E-state index contributed by atoms with van der Waals surface area (Å²) in [5.74, 6) is 1.26. The van der Waals surface area contributed by atoms with E-state index in [4.69, 9.17) is 14.7 Å². The van der Waals surface area contributed by atoms with Crippen LogP contribution in [0.25, 0.3) is 0 Å². The van der Waals surface area contributed by atoms with Gasteiger partial charge in [-0.05, 0) is 63.6 Å². The number of benzene rings is 1. The molecule has 2 aromatic rings. The molecule has 0 saturated carbocycles. The Kier molecular flexibility index (Phi) is 8.74. The highest BCUT2D eigenvalue weighted by atomic mass is 19.1. The fourth-order valence-electron chi connectivity index (χ4n) is 7.57. The first-order valence-corrected chi connectivity index (χ1v) is 15.7. The van der Waals surface area contributed by atoms with Crippen molar-refractivity contribution in [2.75, 3.05) is 75.2 Å². The van der Waals surface area contributed by atoms with Crippen molar-refractivity contribution in [1.29, 1.82) is 5.26 Å². The minimum atomic E-state index is -0.243. The molecule has 1 aliphatic carbocycles. The van der Waals surface area contributed by atoms with Crippen LogP contribution in [0.3, 0.4) is 0 Å². The smallest absolute Gasteiger partial charge is 0.246 e. The predicted molar refractivity (Wildman–Crippen MR) is 169 cm³/mol. The van der Waals surface area contributed by atoms with Gasteiger partial charge in [-0.25, -0.2) is 9.37 Å². The number of methoxy groups -OCH3 is 1. The largest absolute Gasteiger partial charge is 0.378 e. The SMILES string of the molecule is C=CC(=O)N1CCN(c2nc(N3C[C@H](OC)[C@@H](N(C)C)C3)nc3c2CC[C@@H](N2CCCc4ccc(F)cc42)C3)C[C@@H]1CC#N. The van der Waals surface area contributed by atoms with Gasteiger partial charge in [-0.3, -0.25) is 4.79 Å². The van der Waals surface area contributed by atoms with Gasteiger partial charge >= 0.3 is 0 Å². The van der Waals surface area contributed by atoms with Gasteiger partial charge in [0.1, 0.15) is 11.6 Å². The Balaban J connectivity index is 1.36. The molecule has 1 amide bonds. The zero-order valence-corrected chi connectivity index (χ0v) is 26.1. The molecule has 0 bridgehead atoms. The van der Waals surface area contributed by atoms with Crippen molar-refractivity contribution in [3.8, 4) is 6.07 Å². The van der Waals surface area contributed by atoms with E-state index >= 15 is 0 Å². The van der Waals surface area contributed by atoms with Gasteiger partial charge in [0.2, 0.25) is 11.9 Å². The van der Waals surface area contributed by atoms with Gasteiger partial charge in [-0.2, -0.15) is 10.2 Å². The molecule has 11 heteroatoms. The van der Waals surface area contributed by atoms with Gasteiger partial charge in [0.25, 0.3) is 0 Å². The van der Waals surface area contributed by atoms with E-state index in [9.17, 15) is 14.4 Å². The van der Waals surface area contributed by atoms with Crippen LogP contribution in [-0.2, 0) is 28.8 Å². The number of aromatic nitrogens is 2. The van der Waals surface area contributed by atoms with Crippen molar-refractivity contribution in [1.82, 2.24) is 19.8 Å². The van der Waals surface area contributed by atoms with E-state index in [2.05, 4.69) is 46.3 Å². The number of nitriles is 1. The van der Waals surface area contributed by atoms with E-state index in [0.717, 1.165) is 68.0 Å². The van der Waals surface area contributed by atoms with Crippen molar-refractivity contribution < 1.29 is 13.9 Å². The van der Waals surface area contributed by atoms with Gasteiger partial charge in [0, 0.05) is 70.1 Å². The van der Waals surface area contributed by atoms with E-state index in [0.29, 0.717) is 32.1 Å². The number of amides is 1. The summed E-state index contributed by atoms with van der Waals surface area (Å²) in [5.41, 5.74) is 4.40. The Morgan fingerprint density at radius 2 is 2.02 bits per heavy atom. The molecule has 44 heavy (non-hydrogen) atoms. The van der Waals surface area contributed by atoms with Crippen LogP contribution < -0.4 is 14.7 Å². The van der Waals surface area contributed by atoms with Crippen LogP contribution >= 0.6 is 0 Å². The molecule has 2 fully saturated rings. The Hall–Kier alpha value is -3.75. The number of anilines is 3. The minimum Gasteiger partial charge on any atom is -0.378 e. The number of aryl methyl sites for hydroxylation is 1. The maximum atomic E-state index is 14.4. The van der Waals surface area contributed by atoms with E-state index < -0.39 is 0 Å². The molecule has 0 unspecified atom stereocenters. The molecule has 0 N–H and O–H groups in total. The van der Waals surface area contributed by atoms with E-state index in [-0.39, 0.29) is 42.4 Å². The summed E-state index contributed by atoms with van der Waals surface area (Å²) in [5, 5.41) is 9.58. The average Bonchev–Trinajstić information content (AvgIpc) is 3.49. The molecule has 1 aromatic heterocycles. The van der Waals surface area contributed by atoms with E-state index in [1.54, 1.807) is 24.1 Å². The highest BCUT2D eigenvalue weighted by Crippen LogP contribution is 2.37. The average molecular weight is 603 g/mol. The molecule has 10 nitrogen and oxygen atoms in total. The van der Waals surface area contributed by atoms with Crippen LogP contribution in [0.15, 0.2) is 30.9 Å². The first kappa shape index (κ1) is 30.3. The summed E-state index contributed by atoms with van der Waals surface area (Å²) >= 11 is 0. The Bertz CT molecular complexity index is 1440. The predicted octanol–water partition coefficient (Wildman–Crippen LogP) is 2.81. The first-order valence-electron chi connectivity index (χ1n) is 15.7. The maximum absolute atomic E-state index is 14.4. The van der Waals surface area contributed by atoms with E-state index in [1.165, 1.54) is 11.6 Å². The van der Waals surface area contributed by atoms with Crippen molar-refractivity contribution in [2.24, 2.45) is 0 Å². The number of carbonyl (C=O) groups excluding carboxylic acids is 1. The third-order valence-corrected chi connectivity index (χ3v) is 9.91. The summed E-state index contributed by atoms with van der Waals surface area (Å²) in [6.45, 7) is 7.67. The molecule has 2 saturated heterocycles. The second-order valence-corrected chi connectivity index (χ2v) is 12.6. The minimum absolute atomic E-state index is 0.0362. The van der Waals surface area contributed by atoms with E-state index in [1.807, 2.05) is 6.07 Å².